The van der Waals surface area contributed by atoms with Crippen molar-refractivity contribution < 1.29 is 13.9 Å². The summed E-state index contributed by atoms with van der Waals surface area (Å²) in [4.78, 5) is 26.0. The molecule has 1 atom stereocenters. The van der Waals surface area contributed by atoms with Crippen LogP contribution in [-0.2, 0) is 0 Å². The third-order valence-electron chi connectivity index (χ3n) is 6.43. The Kier molecular flexibility index (Phi) is 3.58. The predicted molar refractivity (Wildman–Crippen MR) is 123 cm³/mol. The molecule has 0 saturated carbocycles. The largest absolute Gasteiger partial charge is 0.456 e. The molecule has 2 aromatic heterocycles. The lowest BCUT2D eigenvalue weighted by molar-refractivity contribution is 0.174. The lowest BCUT2D eigenvalue weighted by atomic mass is 9.91. The maximum atomic E-state index is 13.0. The second kappa shape index (κ2) is 6.05. The van der Waals surface area contributed by atoms with E-state index in [-0.39, 0.29) is 16.8 Å². The molecule has 4 aromatic carbocycles. The lowest BCUT2D eigenvalue weighted by Gasteiger charge is -2.17. The maximum Gasteiger partial charge on any atom is 0.190 e. The molecule has 0 fully saturated rings. The molecule has 5 nitrogen and oxygen atoms in total. The molecule has 2 heterocycles. The number of aliphatic hydroxyl groups is 1. The van der Waals surface area contributed by atoms with Crippen molar-refractivity contribution in [2.24, 2.45) is 0 Å². The number of hydrogen-bond donors (Lipinski definition) is 1. The zero-order valence-electron chi connectivity index (χ0n) is 17.4. The van der Waals surface area contributed by atoms with Gasteiger partial charge in [0.15, 0.2) is 10.9 Å². The van der Waals surface area contributed by atoms with Crippen molar-refractivity contribution in [3.8, 4) is 0 Å². The molecule has 0 saturated heterocycles. The van der Waals surface area contributed by atoms with E-state index in [0.717, 1.165) is 21.7 Å². The first-order valence-electron chi connectivity index (χ1n) is 10.5. The summed E-state index contributed by atoms with van der Waals surface area (Å²) in [6.07, 6.45) is -0.189. The molecule has 0 amide bonds. The molecule has 0 aliphatic heterocycles. The Hall–Kier alpha value is -3.44. The Morgan fingerprint density at radius 3 is 1.65 bits per heavy atom. The first-order valence-corrected chi connectivity index (χ1v) is 10.5. The normalized spacial score (nSPS) is 13.7. The molecule has 0 aliphatic carbocycles. The van der Waals surface area contributed by atoms with Gasteiger partial charge in [-0.2, -0.15) is 0 Å². The van der Waals surface area contributed by atoms with Crippen molar-refractivity contribution in [2.45, 2.75) is 39.2 Å². The van der Waals surface area contributed by atoms with Gasteiger partial charge in [0, 0.05) is 44.5 Å². The van der Waals surface area contributed by atoms with E-state index in [1.54, 1.807) is 12.1 Å². The average molecular weight is 412 g/mol. The molecule has 0 radical (unpaired) electrons. The number of rotatable bonds is 3. The highest BCUT2D eigenvalue weighted by atomic mass is 16.3. The first-order chi connectivity index (χ1) is 14.9. The van der Waals surface area contributed by atoms with Crippen molar-refractivity contribution in [1.29, 1.82) is 0 Å². The van der Waals surface area contributed by atoms with Crippen LogP contribution in [0.5, 0.6) is 0 Å². The molecule has 5 heteroatoms. The van der Waals surface area contributed by atoms with Crippen LogP contribution in [-0.4, -0.2) is 5.11 Å². The number of aliphatic hydroxyl groups excluding tert-OH is 1. The topological polar surface area (TPSA) is 80.7 Å². The fraction of sp³-hybridized carbons (Fsp3) is 0.231. The van der Waals surface area contributed by atoms with Gasteiger partial charge in [0.2, 0.25) is 0 Å². The van der Waals surface area contributed by atoms with E-state index in [0.29, 0.717) is 50.5 Å². The molecule has 0 bridgehead atoms. The third-order valence-corrected chi connectivity index (χ3v) is 6.43. The van der Waals surface area contributed by atoms with E-state index in [4.69, 9.17) is 8.83 Å². The summed E-state index contributed by atoms with van der Waals surface area (Å²) in [5.74, 6) is 0.221. The lowest BCUT2D eigenvalue weighted by Crippen LogP contribution is -2.07. The van der Waals surface area contributed by atoms with Crippen LogP contribution < -0.4 is 10.9 Å². The second-order valence-electron chi connectivity index (χ2n) is 8.66. The minimum atomic E-state index is -0.704. The van der Waals surface area contributed by atoms with Gasteiger partial charge in [-0.05, 0) is 47.7 Å². The second-order valence-corrected chi connectivity index (χ2v) is 8.66. The molecular weight excluding hydrogens is 392 g/mol. The Balaban J connectivity index is 1.92. The van der Waals surface area contributed by atoms with Gasteiger partial charge in [-0.1, -0.05) is 20.8 Å². The fourth-order valence-electron chi connectivity index (χ4n) is 4.78. The first kappa shape index (κ1) is 18.3. The Morgan fingerprint density at radius 1 is 0.710 bits per heavy atom. The summed E-state index contributed by atoms with van der Waals surface area (Å²) >= 11 is 0. The third kappa shape index (κ3) is 2.35. The highest BCUT2D eigenvalue weighted by molar-refractivity contribution is 6.31. The minimum absolute atomic E-state index is 0.130. The van der Waals surface area contributed by atoms with Crippen LogP contribution in [0.1, 0.15) is 50.3 Å². The summed E-state index contributed by atoms with van der Waals surface area (Å²) < 4.78 is 12.4. The highest BCUT2D eigenvalue weighted by Gasteiger charge is 2.23. The van der Waals surface area contributed by atoms with Gasteiger partial charge in [0.1, 0.15) is 22.3 Å². The molecule has 0 spiro atoms. The molecular formula is C26H20O5. The average Bonchev–Trinajstić information content (AvgIpc) is 2.75. The van der Waals surface area contributed by atoms with Gasteiger partial charge in [0.25, 0.3) is 0 Å². The Labute approximate surface area is 176 Å². The van der Waals surface area contributed by atoms with Crippen LogP contribution in [0, 0.1) is 0 Å². The van der Waals surface area contributed by atoms with Gasteiger partial charge in [0.05, 0.1) is 6.10 Å². The van der Waals surface area contributed by atoms with Crippen LogP contribution in [0.25, 0.3) is 54.6 Å². The van der Waals surface area contributed by atoms with Crippen LogP contribution >= 0.6 is 0 Å². The summed E-state index contributed by atoms with van der Waals surface area (Å²) in [6.45, 7) is 6.00. The van der Waals surface area contributed by atoms with Gasteiger partial charge in [-0.25, -0.2) is 0 Å². The van der Waals surface area contributed by atoms with E-state index in [2.05, 4.69) is 13.8 Å². The minimum Gasteiger partial charge on any atom is -0.456 e. The molecule has 1 N–H and O–H groups in total. The molecule has 6 rings (SSSR count). The zero-order valence-corrected chi connectivity index (χ0v) is 17.4. The van der Waals surface area contributed by atoms with Crippen molar-refractivity contribution >= 4 is 54.6 Å². The maximum absolute atomic E-state index is 13.0. The molecule has 0 unspecified atom stereocenters. The summed E-state index contributed by atoms with van der Waals surface area (Å²) in [5.41, 5.74) is 3.27. The predicted octanol–water partition coefficient (Wildman–Crippen LogP) is 5.80. The van der Waals surface area contributed by atoms with Gasteiger partial charge in [-0.3, -0.25) is 9.59 Å². The van der Waals surface area contributed by atoms with Crippen LogP contribution in [0.3, 0.4) is 0 Å². The Bertz CT molecular complexity index is 1750. The van der Waals surface area contributed by atoms with Crippen molar-refractivity contribution in [3.05, 3.63) is 68.0 Å². The highest BCUT2D eigenvalue weighted by Crippen LogP contribution is 2.43. The fourth-order valence-corrected chi connectivity index (χ4v) is 4.78. The molecule has 31 heavy (non-hydrogen) atoms. The van der Waals surface area contributed by atoms with E-state index in [1.807, 2.05) is 19.1 Å². The van der Waals surface area contributed by atoms with E-state index in [1.165, 1.54) is 12.1 Å². The summed E-state index contributed by atoms with van der Waals surface area (Å²) in [5, 5.41) is 14.4. The molecule has 6 aromatic rings. The number of benzene rings is 4. The van der Waals surface area contributed by atoms with Gasteiger partial charge >= 0.3 is 0 Å². The summed E-state index contributed by atoms with van der Waals surface area (Å²) in [6, 6.07) is 10.4. The summed E-state index contributed by atoms with van der Waals surface area (Å²) in [7, 11) is 0. The van der Waals surface area contributed by atoms with Crippen molar-refractivity contribution in [2.75, 3.05) is 0 Å². The van der Waals surface area contributed by atoms with Crippen molar-refractivity contribution in [1.82, 2.24) is 0 Å². The van der Waals surface area contributed by atoms with Crippen molar-refractivity contribution in [3.63, 3.8) is 0 Å². The van der Waals surface area contributed by atoms with Gasteiger partial charge < -0.3 is 13.9 Å². The van der Waals surface area contributed by atoms with E-state index in [9.17, 15) is 14.7 Å². The quantitative estimate of drug-likeness (QED) is 0.293. The number of hydrogen-bond acceptors (Lipinski definition) is 5. The smallest absolute Gasteiger partial charge is 0.190 e. The Morgan fingerprint density at radius 2 is 1.16 bits per heavy atom. The standard InChI is InChI=1S/C26H20O5/c1-4-16(27)13-6-15-18(29)10-21-26-24(15)20(8-13)31-22-9-17(28)14-5-12(11(2)3)7-19(30-21)23(14)25(22)26/h5-11,16,27H,4H2,1-3H3/t16-/m0/s1. The van der Waals surface area contributed by atoms with Gasteiger partial charge in [-0.15, -0.1) is 0 Å². The molecule has 154 valence electrons. The van der Waals surface area contributed by atoms with Crippen LogP contribution in [0.4, 0.5) is 0 Å². The zero-order chi connectivity index (χ0) is 21.6. The monoisotopic (exact) mass is 412 g/mol. The SMILES string of the molecule is CC[C@H](O)c1cc2oc3cc(=O)c4cc(C(C)C)cc5oc6cc(=O)c(c1)c2c6c3c54. The molecule has 0 aliphatic rings. The van der Waals surface area contributed by atoms with E-state index >= 15 is 0 Å². The van der Waals surface area contributed by atoms with Crippen LogP contribution in [0.15, 0.2) is 54.8 Å². The van der Waals surface area contributed by atoms with Crippen LogP contribution in [0.2, 0.25) is 0 Å². The van der Waals surface area contributed by atoms with E-state index < -0.39 is 6.10 Å².